The summed E-state index contributed by atoms with van der Waals surface area (Å²) in [5.74, 6) is -6.43. The van der Waals surface area contributed by atoms with Crippen LogP contribution in [0, 0.1) is 17.5 Å². The van der Waals surface area contributed by atoms with Gasteiger partial charge in [0.25, 0.3) is 0 Å². The average molecular weight is 298 g/mol. The van der Waals surface area contributed by atoms with Crippen LogP contribution < -0.4 is 11.2 Å². The molecule has 8 heteroatoms. The number of hydrogen-bond donors (Lipinski definition) is 3. The van der Waals surface area contributed by atoms with E-state index >= 15 is 0 Å². The summed E-state index contributed by atoms with van der Waals surface area (Å²) in [4.78, 5) is 25.3. The number of aromatic carboxylic acids is 1. The number of fused-ring (bicyclic) bond motifs is 1. The van der Waals surface area contributed by atoms with E-state index in [1.54, 1.807) is 0 Å². The molecule has 0 unspecified atom stereocenters. The van der Waals surface area contributed by atoms with Gasteiger partial charge in [0.1, 0.15) is 5.56 Å². The molecule has 1 aromatic carbocycles. The average Bonchev–Trinajstić information content (AvgIpc) is 3.15. The highest BCUT2D eigenvalue weighted by Gasteiger charge is 2.45. The van der Waals surface area contributed by atoms with Crippen LogP contribution in [0.3, 0.4) is 0 Å². The van der Waals surface area contributed by atoms with Gasteiger partial charge >= 0.3 is 5.97 Å². The quantitative estimate of drug-likeness (QED) is 0.734. The Morgan fingerprint density at radius 1 is 1.24 bits per heavy atom. The number of nitrogens with one attached hydrogen (secondary N) is 1. The first-order valence-corrected chi connectivity index (χ1v) is 6.02. The number of hydrogen-bond acceptors (Lipinski definition) is 3. The molecule has 1 saturated carbocycles. The van der Waals surface area contributed by atoms with Gasteiger partial charge in [0.2, 0.25) is 5.43 Å². The first kappa shape index (κ1) is 13.6. The van der Waals surface area contributed by atoms with Crippen molar-refractivity contribution >= 4 is 16.9 Å². The van der Waals surface area contributed by atoms with Gasteiger partial charge < -0.3 is 15.8 Å². The summed E-state index contributed by atoms with van der Waals surface area (Å²) in [5.41, 5.74) is 1.69. The van der Waals surface area contributed by atoms with E-state index in [9.17, 15) is 22.8 Å². The number of aromatic amines is 1. The van der Waals surface area contributed by atoms with Crippen LogP contribution in [0.5, 0.6) is 0 Å². The Morgan fingerprint density at radius 3 is 2.38 bits per heavy atom. The monoisotopic (exact) mass is 298 g/mol. The molecule has 110 valence electrons. The Hall–Kier alpha value is -2.35. The lowest BCUT2D eigenvalue weighted by Crippen LogP contribution is -2.26. The second-order valence-electron chi connectivity index (χ2n) is 5.06. The molecule has 1 heterocycles. The lowest BCUT2D eigenvalue weighted by molar-refractivity contribution is 0.0695. The van der Waals surface area contributed by atoms with Crippen molar-refractivity contribution in [3.05, 3.63) is 45.0 Å². The standard InChI is InChI=1S/C13H9F3N2O3/c14-7-6(13(17)1-2-13)5-10(9(16)8(7)15)18-3-4(11(5)19)12(20)21/h3H,1-2,17H2,(H,18,19)(H,20,21). The number of carbonyl (C=O) groups is 1. The predicted octanol–water partition coefficient (Wildman–Crippen LogP) is 1.59. The van der Waals surface area contributed by atoms with Crippen molar-refractivity contribution in [3.8, 4) is 0 Å². The fourth-order valence-corrected chi connectivity index (χ4v) is 2.38. The number of benzene rings is 1. The highest BCUT2D eigenvalue weighted by Crippen LogP contribution is 2.46. The third-order valence-corrected chi connectivity index (χ3v) is 3.67. The Labute approximate surface area is 115 Å². The number of pyridine rings is 1. The molecule has 0 bridgehead atoms. The van der Waals surface area contributed by atoms with E-state index in [0.717, 1.165) is 6.20 Å². The fraction of sp³-hybridized carbons (Fsp3) is 0.231. The third-order valence-electron chi connectivity index (χ3n) is 3.67. The van der Waals surface area contributed by atoms with Crippen molar-refractivity contribution in [2.75, 3.05) is 0 Å². The first-order valence-electron chi connectivity index (χ1n) is 6.02. The maximum Gasteiger partial charge on any atom is 0.341 e. The highest BCUT2D eigenvalue weighted by molar-refractivity contribution is 5.94. The van der Waals surface area contributed by atoms with Gasteiger partial charge in [0, 0.05) is 17.3 Å². The van der Waals surface area contributed by atoms with Crippen molar-refractivity contribution in [3.63, 3.8) is 0 Å². The van der Waals surface area contributed by atoms with E-state index in [4.69, 9.17) is 10.8 Å². The number of aromatic nitrogens is 1. The highest BCUT2D eigenvalue weighted by atomic mass is 19.2. The molecule has 21 heavy (non-hydrogen) atoms. The SMILES string of the molecule is NC1(c2c(F)c(F)c(F)c3[nH]cc(C(=O)O)c(=O)c23)CC1. The normalized spacial score (nSPS) is 16.2. The molecule has 0 amide bonds. The second-order valence-corrected chi connectivity index (χ2v) is 5.06. The second kappa shape index (κ2) is 4.08. The zero-order valence-electron chi connectivity index (χ0n) is 10.5. The van der Waals surface area contributed by atoms with Gasteiger partial charge in [-0.3, -0.25) is 4.79 Å². The molecule has 1 aliphatic rings. The molecule has 2 aromatic rings. The lowest BCUT2D eigenvalue weighted by Gasteiger charge is -2.15. The predicted molar refractivity (Wildman–Crippen MR) is 66.5 cm³/mol. The van der Waals surface area contributed by atoms with E-state index in [1.807, 2.05) is 0 Å². The van der Waals surface area contributed by atoms with Gasteiger partial charge in [-0.25, -0.2) is 18.0 Å². The zero-order valence-corrected chi connectivity index (χ0v) is 10.5. The van der Waals surface area contributed by atoms with Crippen molar-refractivity contribution in [2.24, 2.45) is 5.73 Å². The number of carboxylic acids is 1. The van der Waals surface area contributed by atoms with Crippen LogP contribution in [0.2, 0.25) is 0 Å². The maximum atomic E-state index is 14.0. The smallest absolute Gasteiger partial charge is 0.341 e. The molecule has 1 aromatic heterocycles. The largest absolute Gasteiger partial charge is 0.477 e. The van der Waals surface area contributed by atoms with Crippen LogP contribution in [-0.4, -0.2) is 16.1 Å². The van der Waals surface area contributed by atoms with Crippen molar-refractivity contribution in [2.45, 2.75) is 18.4 Å². The molecule has 0 atom stereocenters. The van der Waals surface area contributed by atoms with Crippen molar-refractivity contribution in [1.29, 1.82) is 0 Å². The van der Waals surface area contributed by atoms with Gasteiger partial charge in [0.15, 0.2) is 17.5 Å². The van der Waals surface area contributed by atoms with Gasteiger partial charge in [-0.05, 0) is 12.8 Å². The molecule has 1 fully saturated rings. The Kier molecular flexibility index (Phi) is 2.64. The Bertz CT molecular complexity index is 856. The molecule has 5 nitrogen and oxygen atoms in total. The molecular formula is C13H9F3N2O3. The van der Waals surface area contributed by atoms with Crippen molar-refractivity contribution < 1.29 is 23.1 Å². The van der Waals surface area contributed by atoms with E-state index in [-0.39, 0.29) is 0 Å². The molecule has 0 spiro atoms. The minimum absolute atomic E-state index is 0.292. The minimum atomic E-state index is -1.74. The maximum absolute atomic E-state index is 14.0. The van der Waals surface area contributed by atoms with Crippen LogP contribution in [-0.2, 0) is 5.54 Å². The van der Waals surface area contributed by atoms with Crippen LogP contribution >= 0.6 is 0 Å². The molecule has 3 rings (SSSR count). The number of nitrogens with two attached hydrogens (primary N) is 1. The number of H-pyrrole nitrogens is 1. The zero-order chi connectivity index (χ0) is 15.5. The summed E-state index contributed by atoms with van der Waals surface area (Å²) < 4.78 is 41.5. The summed E-state index contributed by atoms with van der Waals surface area (Å²) >= 11 is 0. The summed E-state index contributed by atoms with van der Waals surface area (Å²) in [5, 5.41) is 8.37. The third kappa shape index (κ3) is 1.75. The topological polar surface area (TPSA) is 96.2 Å². The Morgan fingerprint density at radius 2 is 1.86 bits per heavy atom. The molecule has 0 aliphatic heterocycles. The van der Waals surface area contributed by atoms with E-state index in [0.29, 0.717) is 12.8 Å². The van der Waals surface area contributed by atoms with Crippen molar-refractivity contribution in [1.82, 2.24) is 4.98 Å². The Balaban J connectivity index is 2.57. The first-order chi connectivity index (χ1) is 9.78. The summed E-state index contributed by atoms with van der Waals surface area (Å²) in [6, 6.07) is 0. The molecule has 0 radical (unpaired) electrons. The van der Waals surface area contributed by atoms with Crippen LogP contribution in [0.1, 0.15) is 28.8 Å². The van der Waals surface area contributed by atoms with E-state index in [1.165, 1.54) is 0 Å². The lowest BCUT2D eigenvalue weighted by atomic mass is 9.97. The molecule has 0 saturated heterocycles. The number of halogens is 3. The number of carboxylic acid groups (broad SMARTS) is 1. The van der Waals surface area contributed by atoms with E-state index in [2.05, 4.69) is 4.98 Å². The van der Waals surface area contributed by atoms with E-state index < -0.39 is 56.4 Å². The number of rotatable bonds is 2. The van der Waals surface area contributed by atoms with Crippen LogP contribution in [0.4, 0.5) is 13.2 Å². The summed E-state index contributed by atoms with van der Waals surface area (Å²) in [7, 11) is 0. The minimum Gasteiger partial charge on any atom is -0.477 e. The van der Waals surface area contributed by atoms with Gasteiger partial charge in [0.05, 0.1) is 10.9 Å². The fourth-order valence-electron chi connectivity index (χ4n) is 2.38. The summed E-state index contributed by atoms with van der Waals surface area (Å²) in [6.45, 7) is 0. The van der Waals surface area contributed by atoms with Gasteiger partial charge in [-0.15, -0.1) is 0 Å². The van der Waals surface area contributed by atoms with Crippen LogP contribution in [0.15, 0.2) is 11.0 Å². The molecule has 4 N–H and O–H groups in total. The molecular weight excluding hydrogens is 289 g/mol. The molecule has 1 aliphatic carbocycles. The summed E-state index contributed by atoms with van der Waals surface area (Å²) in [6.07, 6.45) is 1.33. The van der Waals surface area contributed by atoms with Gasteiger partial charge in [-0.1, -0.05) is 0 Å². The van der Waals surface area contributed by atoms with Crippen LogP contribution in [0.25, 0.3) is 10.9 Å². The van der Waals surface area contributed by atoms with Gasteiger partial charge in [-0.2, -0.15) is 0 Å².